The number of likely N-dealkylation sites (tertiary alicyclic amines) is 1. The summed E-state index contributed by atoms with van der Waals surface area (Å²) in [5.74, 6) is 0.638. The molecule has 1 aromatic rings. The maximum atomic E-state index is 13.6. The van der Waals surface area contributed by atoms with Crippen molar-refractivity contribution in [3.8, 4) is 0 Å². The van der Waals surface area contributed by atoms with Gasteiger partial charge in [0.15, 0.2) is 0 Å². The summed E-state index contributed by atoms with van der Waals surface area (Å²) in [7, 11) is 1.99. The van der Waals surface area contributed by atoms with E-state index >= 15 is 0 Å². The summed E-state index contributed by atoms with van der Waals surface area (Å²) in [5, 5.41) is 0. The second-order valence-electron chi connectivity index (χ2n) is 4.71. The molecule has 1 aromatic carbocycles. The molecule has 2 fully saturated rings. The van der Waals surface area contributed by atoms with Crippen molar-refractivity contribution in [2.75, 3.05) is 13.6 Å². The maximum absolute atomic E-state index is 13.6. The van der Waals surface area contributed by atoms with E-state index in [0.717, 1.165) is 6.54 Å². The monoisotopic (exact) mass is 209 g/mol. The Morgan fingerprint density at radius 3 is 2.80 bits per heavy atom. The zero-order chi connectivity index (χ0) is 10.6. The van der Waals surface area contributed by atoms with E-state index in [-0.39, 0.29) is 17.7 Å². The van der Waals surface area contributed by atoms with Crippen molar-refractivity contribution in [2.24, 2.45) is 11.8 Å². The quantitative estimate of drug-likeness (QED) is 0.687. The first-order valence-corrected chi connectivity index (χ1v) is 5.32. The fourth-order valence-electron chi connectivity index (χ4n) is 2.89. The molecule has 3 rings (SSSR count). The summed E-state index contributed by atoms with van der Waals surface area (Å²) in [4.78, 5) is 2.14. The van der Waals surface area contributed by atoms with Crippen LogP contribution in [0.25, 0.3) is 0 Å². The number of hydrogen-bond acceptors (Lipinski definition) is 1. The fraction of sp³-hybridized carbons (Fsp3) is 0.500. The van der Waals surface area contributed by atoms with E-state index in [4.69, 9.17) is 0 Å². The van der Waals surface area contributed by atoms with Crippen molar-refractivity contribution in [1.29, 1.82) is 0 Å². The van der Waals surface area contributed by atoms with Crippen molar-refractivity contribution in [2.45, 2.75) is 12.5 Å². The van der Waals surface area contributed by atoms with E-state index in [0.29, 0.717) is 17.4 Å². The van der Waals surface area contributed by atoms with Gasteiger partial charge >= 0.3 is 0 Å². The van der Waals surface area contributed by atoms with Gasteiger partial charge < -0.3 is 0 Å². The first-order valence-electron chi connectivity index (χ1n) is 5.32. The van der Waals surface area contributed by atoms with Gasteiger partial charge in [-0.2, -0.15) is 0 Å². The Kier molecular flexibility index (Phi) is 1.87. The Balaban J connectivity index is 2.01. The van der Waals surface area contributed by atoms with Gasteiger partial charge in [0.05, 0.1) is 0 Å². The SMILES string of the molecule is CN1CC2CC2C1c1cc(F)ccc1F. The van der Waals surface area contributed by atoms with Crippen LogP contribution in [0.5, 0.6) is 0 Å². The van der Waals surface area contributed by atoms with Crippen molar-refractivity contribution in [1.82, 2.24) is 4.90 Å². The second-order valence-corrected chi connectivity index (χ2v) is 4.71. The third kappa shape index (κ3) is 1.37. The van der Waals surface area contributed by atoms with E-state index in [1.54, 1.807) is 0 Å². The van der Waals surface area contributed by atoms with Gasteiger partial charge in [0, 0.05) is 18.2 Å². The van der Waals surface area contributed by atoms with E-state index in [2.05, 4.69) is 4.90 Å². The van der Waals surface area contributed by atoms with Crippen LogP contribution in [0.3, 0.4) is 0 Å². The summed E-state index contributed by atoms with van der Waals surface area (Å²) >= 11 is 0. The van der Waals surface area contributed by atoms with Gasteiger partial charge in [-0.3, -0.25) is 4.90 Å². The number of fused-ring (bicyclic) bond motifs is 1. The van der Waals surface area contributed by atoms with Gasteiger partial charge in [-0.1, -0.05) is 0 Å². The lowest BCUT2D eigenvalue weighted by Crippen LogP contribution is -2.22. The van der Waals surface area contributed by atoms with E-state index in [1.807, 2.05) is 7.05 Å². The molecule has 1 aliphatic heterocycles. The molecule has 1 saturated heterocycles. The molecule has 1 saturated carbocycles. The smallest absolute Gasteiger partial charge is 0.128 e. The Labute approximate surface area is 87.7 Å². The first-order chi connectivity index (χ1) is 7.16. The third-order valence-electron chi connectivity index (χ3n) is 3.66. The van der Waals surface area contributed by atoms with Crippen LogP contribution in [-0.2, 0) is 0 Å². The van der Waals surface area contributed by atoms with Crippen LogP contribution in [0.4, 0.5) is 8.78 Å². The fourth-order valence-corrected chi connectivity index (χ4v) is 2.89. The highest BCUT2D eigenvalue weighted by Crippen LogP contribution is 2.56. The third-order valence-corrected chi connectivity index (χ3v) is 3.66. The molecule has 3 heteroatoms. The summed E-state index contributed by atoms with van der Waals surface area (Å²) in [6, 6.07) is 3.84. The summed E-state index contributed by atoms with van der Waals surface area (Å²) in [6.07, 6.45) is 1.17. The maximum Gasteiger partial charge on any atom is 0.128 e. The van der Waals surface area contributed by atoms with Crippen LogP contribution in [0, 0.1) is 23.5 Å². The van der Waals surface area contributed by atoms with Crippen molar-refractivity contribution in [3.05, 3.63) is 35.4 Å². The van der Waals surface area contributed by atoms with Crippen molar-refractivity contribution in [3.63, 3.8) is 0 Å². The van der Waals surface area contributed by atoms with Crippen LogP contribution < -0.4 is 0 Å². The van der Waals surface area contributed by atoms with Crippen molar-refractivity contribution >= 4 is 0 Å². The first kappa shape index (κ1) is 9.28. The van der Waals surface area contributed by atoms with Crippen molar-refractivity contribution < 1.29 is 8.78 Å². The van der Waals surface area contributed by atoms with Crippen LogP contribution in [-0.4, -0.2) is 18.5 Å². The molecule has 1 nitrogen and oxygen atoms in total. The molecule has 0 spiro atoms. The second kappa shape index (κ2) is 3.01. The molecular formula is C12H13F2N. The highest BCUT2D eigenvalue weighted by Gasteiger charge is 2.52. The minimum absolute atomic E-state index is 0.0886. The molecule has 0 amide bonds. The van der Waals surface area contributed by atoms with Crippen LogP contribution in [0.2, 0.25) is 0 Å². The number of hydrogen-bond donors (Lipinski definition) is 0. The molecule has 15 heavy (non-hydrogen) atoms. The number of benzene rings is 1. The molecule has 3 unspecified atom stereocenters. The molecule has 1 aliphatic carbocycles. The molecule has 0 N–H and O–H groups in total. The van der Waals surface area contributed by atoms with Gasteiger partial charge in [-0.25, -0.2) is 8.78 Å². The van der Waals surface area contributed by atoms with Crippen LogP contribution >= 0.6 is 0 Å². The number of halogens is 2. The van der Waals surface area contributed by atoms with Crippen LogP contribution in [0.15, 0.2) is 18.2 Å². The Bertz CT molecular complexity index is 403. The Morgan fingerprint density at radius 2 is 2.13 bits per heavy atom. The molecule has 3 atom stereocenters. The molecule has 0 aromatic heterocycles. The predicted octanol–water partition coefficient (Wildman–Crippen LogP) is 2.59. The summed E-state index contributed by atoms with van der Waals surface area (Å²) in [5.41, 5.74) is 0.530. The van der Waals surface area contributed by atoms with Gasteiger partial charge in [-0.15, -0.1) is 0 Å². The van der Waals surface area contributed by atoms with E-state index in [9.17, 15) is 8.78 Å². The summed E-state index contributed by atoms with van der Waals surface area (Å²) < 4.78 is 26.7. The molecule has 0 radical (unpaired) electrons. The minimum atomic E-state index is -0.344. The zero-order valence-electron chi connectivity index (χ0n) is 8.58. The molecule has 2 aliphatic rings. The molecular weight excluding hydrogens is 196 g/mol. The molecule has 0 bridgehead atoms. The summed E-state index contributed by atoms with van der Waals surface area (Å²) in [6.45, 7) is 1.02. The standard InChI is InChI=1S/C12H13F2N/c1-15-6-7-4-9(7)12(15)10-5-8(13)2-3-11(10)14/h2-3,5,7,9,12H,4,6H2,1H3. The topological polar surface area (TPSA) is 3.24 Å². The van der Waals surface area contributed by atoms with Crippen LogP contribution in [0.1, 0.15) is 18.0 Å². The lowest BCUT2D eigenvalue weighted by Gasteiger charge is -2.23. The normalized spacial score (nSPS) is 34.2. The average Bonchev–Trinajstić information content (AvgIpc) is 2.84. The van der Waals surface area contributed by atoms with Gasteiger partial charge in [0.2, 0.25) is 0 Å². The van der Waals surface area contributed by atoms with Gasteiger partial charge in [0.1, 0.15) is 11.6 Å². The number of nitrogens with zero attached hydrogens (tertiary/aromatic N) is 1. The molecule has 80 valence electrons. The number of rotatable bonds is 1. The minimum Gasteiger partial charge on any atom is -0.299 e. The lowest BCUT2D eigenvalue weighted by molar-refractivity contribution is 0.267. The zero-order valence-corrected chi connectivity index (χ0v) is 8.58. The van der Waals surface area contributed by atoms with Gasteiger partial charge in [0.25, 0.3) is 0 Å². The van der Waals surface area contributed by atoms with E-state index < -0.39 is 0 Å². The molecule has 1 heterocycles. The Hall–Kier alpha value is -0.960. The average molecular weight is 209 g/mol. The van der Waals surface area contributed by atoms with E-state index in [1.165, 1.54) is 24.6 Å². The lowest BCUT2D eigenvalue weighted by atomic mass is 10.0. The van der Waals surface area contributed by atoms with Gasteiger partial charge in [-0.05, 0) is 43.5 Å². The largest absolute Gasteiger partial charge is 0.299 e. The highest BCUT2D eigenvalue weighted by molar-refractivity contribution is 5.26. The highest BCUT2D eigenvalue weighted by atomic mass is 19.1. The number of piperidine rings is 1. The predicted molar refractivity (Wildman–Crippen MR) is 53.3 cm³/mol. The Morgan fingerprint density at radius 1 is 1.33 bits per heavy atom.